The molecule has 0 amide bonds. The second kappa shape index (κ2) is 8.55. The van der Waals surface area contributed by atoms with Crippen molar-refractivity contribution in [2.45, 2.75) is 11.8 Å². The van der Waals surface area contributed by atoms with Gasteiger partial charge in [-0.2, -0.15) is 4.31 Å². The quantitative estimate of drug-likeness (QED) is 0.401. The first-order chi connectivity index (χ1) is 12.3. The van der Waals surface area contributed by atoms with Gasteiger partial charge < -0.3 is 0 Å². The first-order valence-electron chi connectivity index (χ1n) is 7.93. The number of hydrogen-bond donors (Lipinski definition) is 0. The summed E-state index contributed by atoms with van der Waals surface area (Å²) < 4.78 is 26.8. The van der Waals surface area contributed by atoms with Crippen LogP contribution in [0.1, 0.15) is 11.1 Å². The van der Waals surface area contributed by atoms with Crippen LogP contribution in [-0.2, 0) is 10.0 Å². The predicted molar refractivity (Wildman–Crippen MR) is 102 cm³/mol. The van der Waals surface area contributed by atoms with Gasteiger partial charge in [-0.3, -0.25) is 10.1 Å². The summed E-state index contributed by atoms with van der Waals surface area (Å²) in [6, 6.07) is 12.7. The van der Waals surface area contributed by atoms with E-state index < -0.39 is 14.9 Å². The number of nitro groups is 1. The molecule has 0 spiro atoms. The van der Waals surface area contributed by atoms with E-state index in [1.165, 1.54) is 22.5 Å². The van der Waals surface area contributed by atoms with Gasteiger partial charge in [-0.25, -0.2) is 8.42 Å². The molecule has 136 valence electrons. The van der Waals surface area contributed by atoms with Crippen molar-refractivity contribution >= 4 is 21.8 Å². The average Bonchev–Trinajstić information content (AvgIpc) is 2.61. The second-order valence-corrected chi connectivity index (χ2v) is 7.61. The largest absolute Gasteiger partial charge is 0.269 e. The van der Waals surface area contributed by atoms with Crippen molar-refractivity contribution in [3.05, 3.63) is 88.5 Å². The van der Waals surface area contributed by atoms with Crippen LogP contribution in [0.5, 0.6) is 0 Å². The molecule has 0 bridgehead atoms. The lowest BCUT2D eigenvalue weighted by Gasteiger charge is -2.19. The molecule has 0 unspecified atom stereocenters. The standard InChI is InChI=1S/C19H20N2O4S/c1-3-14-20(26(24,25)19-12-6-16(2)7-13-19)15-4-5-17-8-10-18(11-9-17)21(22)23/h3-13H,1,14-15H2,2H3/b5-4+. The van der Waals surface area contributed by atoms with E-state index in [1.54, 1.807) is 48.6 Å². The highest BCUT2D eigenvalue weighted by Gasteiger charge is 2.22. The fourth-order valence-corrected chi connectivity index (χ4v) is 3.65. The first kappa shape index (κ1) is 19.6. The van der Waals surface area contributed by atoms with E-state index in [0.717, 1.165) is 11.1 Å². The van der Waals surface area contributed by atoms with Gasteiger partial charge in [0, 0.05) is 25.2 Å². The van der Waals surface area contributed by atoms with Crippen LogP contribution in [0.4, 0.5) is 5.69 Å². The van der Waals surface area contributed by atoms with Gasteiger partial charge in [-0.05, 0) is 36.8 Å². The zero-order valence-electron chi connectivity index (χ0n) is 14.4. The highest BCUT2D eigenvalue weighted by molar-refractivity contribution is 7.89. The Bertz CT molecular complexity index is 902. The Labute approximate surface area is 153 Å². The molecule has 0 N–H and O–H groups in total. The number of aryl methyl sites for hydroxylation is 1. The number of non-ortho nitro benzene ring substituents is 1. The summed E-state index contributed by atoms with van der Waals surface area (Å²) in [5.41, 5.74) is 1.75. The van der Waals surface area contributed by atoms with Crippen LogP contribution in [-0.4, -0.2) is 30.7 Å². The van der Waals surface area contributed by atoms with Crippen molar-refractivity contribution in [3.63, 3.8) is 0 Å². The fraction of sp³-hybridized carbons (Fsp3) is 0.158. The lowest BCUT2D eigenvalue weighted by molar-refractivity contribution is -0.384. The molecule has 7 heteroatoms. The molecule has 0 radical (unpaired) electrons. The molecule has 0 fully saturated rings. The van der Waals surface area contributed by atoms with Gasteiger partial charge >= 0.3 is 0 Å². The van der Waals surface area contributed by atoms with E-state index in [2.05, 4.69) is 6.58 Å². The molecule has 0 aliphatic rings. The summed E-state index contributed by atoms with van der Waals surface area (Å²) in [7, 11) is -3.63. The minimum absolute atomic E-state index is 0.0115. The maximum absolute atomic E-state index is 12.8. The lowest BCUT2D eigenvalue weighted by Crippen LogP contribution is -2.31. The summed E-state index contributed by atoms with van der Waals surface area (Å²) in [6.45, 7) is 5.86. The molecular weight excluding hydrogens is 352 g/mol. The Kier molecular flexibility index (Phi) is 6.43. The van der Waals surface area contributed by atoms with E-state index in [-0.39, 0.29) is 23.7 Å². The topological polar surface area (TPSA) is 80.5 Å². The maximum atomic E-state index is 12.8. The van der Waals surface area contributed by atoms with Gasteiger partial charge in [0.1, 0.15) is 0 Å². The Hall–Kier alpha value is -2.77. The molecule has 0 heterocycles. The summed E-state index contributed by atoms with van der Waals surface area (Å²) >= 11 is 0. The first-order valence-corrected chi connectivity index (χ1v) is 9.37. The Balaban J connectivity index is 2.15. The van der Waals surface area contributed by atoms with Gasteiger partial charge in [0.25, 0.3) is 5.69 Å². The average molecular weight is 372 g/mol. The third-order valence-electron chi connectivity index (χ3n) is 3.71. The van der Waals surface area contributed by atoms with Crippen molar-refractivity contribution in [2.75, 3.05) is 13.1 Å². The van der Waals surface area contributed by atoms with Gasteiger partial charge in [-0.1, -0.05) is 35.9 Å². The van der Waals surface area contributed by atoms with Crippen molar-refractivity contribution in [3.8, 4) is 0 Å². The Morgan fingerprint density at radius 3 is 2.23 bits per heavy atom. The van der Waals surface area contributed by atoms with Crippen molar-refractivity contribution in [1.82, 2.24) is 4.31 Å². The number of rotatable bonds is 8. The molecule has 2 rings (SSSR count). The highest BCUT2D eigenvalue weighted by atomic mass is 32.2. The summed E-state index contributed by atoms with van der Waals surface area (Å²) in [6.07, 6.45) is 4.96. The van der Waals surface area contributed by atoms with Crippen LogP contribution in [0.2, 0.25) is 0 Å². The van der Waals surface area contributed by atoms with Gasteiger partial charge in [-0.15, -0.1) is 6.58 Å². The Morgan fingerprint density at radius 2 is 1.69 bits per heavy atom. The van der Waals surface area contributed by atoms with Crippen LogP contribution in [0.25, 0.3) is 6.08 Å². The molecule has 6 nitrogen and oxygen atoms in total. The number of nitrogens with zero attached hydrogens (tertiary/aromatic N) is 2. The summed E-state index contributed by atoms with van der Waals surface area (Å²) in [4.78, 5) is 10.4. The molecule has 0 atom stereocenters. The van der Waals surface area contributed by atoms with E-state index in [4.69, 9.17) is 0 Å². The van der Waals surface area contributed by atoms with E-state index >= 15 is 0 Å². The minimum atomic E-state index is -3.63. The van der Waals surface area contributed by atoms with E-state index in [0.29, 0.717) is 0 Å². The number of hydrogen-bond acceptors (Lipinski definition) is 4. The van der Waals surface area contributed by atoms with Crippen LogP contribution in [0.3, 0.4) is 0 Å². The fourth-order valence-electron chi connectivity index (χ4n) is 2.29. The zero-order chi connectivity index (χ0) is 19.2. The normalized spacial score (nSPS) is 11.8. The Morgan fingerprint density at radius 1 is 1.08 bits per heavy atom. The molecule has 0 saturated carbocycles. The monoisotopic (exact) mass is 372 g/mol. The lowest BCUT2D eigenvalue weighted by atomic mass is 10.2. The molecule has 0 saturated heterocycles. The SMILES string of the molecule is C=CCN(C/C=C/c1ccc([N+](=O)[O-])cc1)S(=O)(=O)c1ccc(C)cc1. The molecule has 2 aromatic carbocycles. The van der Waals surface area contributed by atoms with Crippen LogP contribution in [0.15, 0.2) is 72.2 Å². The molecule has 0 aromatic heterocycles. The maximum Gasteiger partial charge on any atom is 0.269 e. The number of sulfonamides is 1. The zero-order valence-corrected chi connectivity index (χ0v) is 15.2. The number of benzene rings is 2. The van der Waals surface area contributed by atoms with Gasteiger partial charge in [0.05, 0.1) is 9.82 Å². The highest BCUT2D eigenvalue weighted by Crippen LogP contribution is 2.17. The predicted octanol–water partition coefficient (Wildman–Crippen LogP) is 3.79. The van der Waals surface area contributed by atoms with E-state index in [9.17, 15) is 18.5 Å². The second-order valence-electron chi connectivity index (χ2n) is 5.67. The smallest absolute Gasteiger partial charge is 0.258 e. The van der Waals surface area contributed by atoms with E-state index in [1.807, 2.05) is 6.92 Å². The molecular formula is C19H20N2O4S. The van der Waals surface area contributed by atoms with Crippen molar-refractivity contribution in [1.29, 1.82) is 0 Å². The van der Waals surface area contributed by atoms with Gasteiger partial charge in [0.15, 0.2) is 0 Å². The third-order valence-corrected chi connectivity index (χ3v) is 5.56. The van der Waals surface area contributed by atoms with Gasteiger partial charge in [0.2, 0.25) is 10.0 Å². The van der Waals surface area contributed by atoms with Crippen LogP contribution < -0.4 is 0 Å². The summed E-state index contributed by atoms with van der Waals surface area (Å²) in [5.74, 6) is 0. The van der Waals surface area contributed by atoms with Crippen molar-refractivity contribution < 1.29 is 13.3 Å². The van der Waals surface area contributed by atoms with Crippen molar-refractivity contribution in [2.24, 2.45) is 0 Å². The summed E-state index contributed by atoms with van der Waals surface area (Å²) in [5, 5.41) is 10.7. The van der Waals surface area contributed by atoms with Crippen LogP contribution in [0, 0.1) is 17.0 Å². The molecule has 26 heavy (non-hydrogen) atoms. The third kappa shape index (κ3) is 4.87. The molecule has 0 aliphatic heterocycles. The van der Waals surface area contributed by atoms with Crippen LogP contribution >= 0.6 is 0 Å². The molecule has 0 aliphatic carbocycles. The number of nitro benzene ring substituents is 1. The minimum Gasteiger partial charge on any atom is -0.258 e. The molecule has 2 aromatic rings.